The molecule has 0 saturated carbocycles. The molecule has 0 aromatic carbocycles. The van der Waals surface area contributed by atoms with Gasteiger partial charge in [-0.2, -0.15) is 0 Å². The van der Waals surface area contributed by atoms with Crippen LogP contribution in [0.3, 0.4) is 0 Å². The number of nitro groups is 1. The fourth-order valence-corrected chi connectivity index (χ4v) is 1.91. The highest BCUT2D eigenvalue weighted by atomic mass is 19.1. The smallest absolute Gasteiger partial charge is 0.407 e. The Bertz CT molecular complexity index is 509. The van der Waals surface area contributed by atoms with Crippen molar-refractivity contribution in [2.75, 3.05) is 13.1 Å². The molecule has 2 atom stereocenters. The van der Waals surface area contributed by atoms with E-state index < -0.39 is 23.3 Å². The Hall–Kier alpha value is -2.45. The summed E-state index contributed by atoms with van der Waals surface area (Å²) in [6.07, 6.45) is -2.04. The molecule has 1 fully saturated rings. The second kappa shape index (κ2) is 5.68. The number of aromatic nitrogens is 1. The number of piperidine rings is 1. The number of hydrogen-bond acceptors (Lipinski definition) is 5. The highest BCUT2D eigenvalue weighted by molar-refractivity contribution is 5.65. The normalized spacial score (nSPS) is 22.4. The van der Waals surface area contributed by atoms with Crippen LogP contribution in [-0.2, 0) is 0 Å². The summed E-state index contributed by atoms with van der Waals surface area (Å²) in [5, 5.41) is 19.2. The topological polar surface area (TPSA) is 106 Å². The molecule has 2 heterocycles. The van der Waals surface area contributed by atoms with Crippen molar-refractivity contribution in [2.24, 2.45) is 0 Å². The Kier molecular flexibility index (Phi) is 3.97. The first kappa shape index (κ1) is 14.0. The van der Waals surface area contributed by atoms with Crippen LogP contribution in [0.15, 0.2) is 18.3 Å². The fourth-order valence-electron chi connectivity index (χ4n) is 1.91. The Morgan fingerprint density at radius 1 is 1.60 bits per heavy atom. The van der Waals surface area contributed by atoms with E-state index in [-0.39, 0.29) is 31.1 Å². The second-order valence-corrected chi connectivity index (χ2v) is 4.30. The van der Waals surface area contributed by atoms with Crippen LogP contribution in [0, 0.1) is 10.1 Å². The molecule has 2 rings (SSSR count). The third-order valence-corrected chi connectivity index (χ3v) is 2.95. The van der Waals surface area contributed by atoms with Crippen molar-refractivity contribution in [3.8, 4) is 5.75 Å². The molecule has 9 heteroatoms. The first-order chi connectivity index (χ1) is 9.47. The van der Waals surface area contributed by atoms with Gasteiger partial charge in [-0.1, -0.05) is 0 Å². The minimum absolute atomic E-state index is 0.181. The first-order valence-corrected chi connectivity index (χ1v) is 5.86. The van der Waals surface area contributed by atoms with Gasteiger partial charge in [0.25, 0.3) is 0 Å². The lowest BCUT2D eigenvalue weighted by Crippen LogP contribution is -2.48. The SMILES string of the molecule is O=C(O)N1CC[C@H](Oc2ccc([N+](=O)[O-])nc2)[C@@H](F)C1. The van der Waals surface area contributed by atoms with Gasteiger partial charge in [-0.25, -0.2) is 9.18 Å². The molecule has 1 N–H and O–H groups in total. The second-order valence-electron chi connectivity index (χ2n) is 4.30. The molecule has 1 aliphatic rings. The van der Waals surface area contributed by atoms with Gasteiger partial charge in [-0.15, -0.1) is 0 Å². The van der Waals surface area contributed by atoms with Crippen LogP contribution < -0.4 is 4.74 Å². The van der Waals surface area contributed by atoms with E-state index in [4.69, 9.17) is 9.84 Å². The van der Waals surface area contributed by atoms with Gasteiger partial charge in [0.15, 0.2) is 18.1 Å². The summed E-state index contributed by atoms with van der Waals surface area (Å²) in [7, 11) is 0. The van der Waals surface area contributed by atoms with Crippen LogP contribution in [0.25, 0.3) is 0 Å². The molecular formula is C11H12FN3O5. The van der Waals surface area contributed by atoms with Gasteiger partial charge in [-0.3, -0.25) is 0 Å². The standard InChI is InChI=1S/C11H12FN3O5/c12-8-6-14(11(16)17)4-3-9(8)20-7-1-2-10(13-5-7)15(18)19/h1-2,5,8-9H,3-4,6H2,(H,16,17)/t8-,9-/m0/s1. The lowest BCUT2D eigenvalue weighted by atomic mass is 10.1. The summed E-state index contributed by atoms with van der Waals surface area (Å²) in [5.41, 5.74) is 0. The number of alkyl halides is 1. The van der Waals surface area contributed by atoms with Crippen LogP contribution in [0.4, 0.5) is 15.0 Å². The molecule has 1 amide bonds. The van der Waals surface area contributed by atoms with E-state index in [0.717, 1.165) is 17.2 Å². The van der Waals surface area contributed by atoms with Crippen molar-refractivity contribution in [2.45, 2.75) is 18.7 Å². The summed E-state index contributed by atoms with van der Waals surface area (Å²) in [5.74, 6) is -0.109. The van der Waals surface area contributed by atoms with Gasteiger partial charge in [-0.05, 0) is 16.0 Å². The van der Waals surface area contributed by atoms with E-state index in [2.05, 4.69) is 4.98 Å². The molecule has 1 aromatic heterocycles. The highest BCUT2D eigenvalue weighted by Gasteiger charge is 2.33. The molecule has 1 aromatic rings. The number of rotatable bonds is 3. The first-order valence-electron chi connectivity index (χ1n) is 5.86. The molecule has 20 heavy (non-hydrogen) atoms. The predicted octanol–water partition coefficient (Wildman–Crippen LogP) is 1.46. The summed E-state index contributed by atoms with van der Waals surface area (Å²) in [4.78, 5) is 25.0. The Labute approximate surface area is 112 Å². The van der Waals surface area contributed by atoms with Gasteiger partial charge in [0, 0.05) is 19.0 Å². The largest absolute Gasteiger partial charge is 0.483 e. The molecule has 0 radical (unpaired) electrons. The summed E-state index contributed by atoms with van der Waals surface area (Å²) in [6.45, 7) is -0.0682. The minimum Gasteiger partial charge on any atom is -0.483 e. The number of halogens is 1. The maximum Gasteiger partial charge on any atom is 0.407 e. The Morgan fingerprint density at radius 3 is 2.85 bits per heavy atom. The molecule has 1 saturated heterocycles. The average molecular weight is 285 g/mol. The van der Waals surface area contributed by atoms with Crippen molar-refractivity contribution >= 4 is 11.9 Å². The lowest BCUT2D eigenvalue weighted by Gasteiger charge is -2.32. The van der Waals surface area contributed by atoms with E-state index in [0.29, 0.717) is 0 Å². The molecule has 108 valence electrons. The van der Waals surface area contributed by atoms with Crippen LogP contribution in [0.2, 0.25) is 0 Å². The number of carbonyl (C=O) groups is 1. The fraction of sp³-hybridized carbons (Fsp3) is 0.455. The van der Waals surface area contributed by atoms with E-state index in [1.54, 1.807) is 0 Å². The predicted molar refractivity (Wildman–Crippen MR) is 64.4 cm³/mol. The van der Waals surface area contributed by atoms with Gasteiger partial charge < -0.3 is 24.9 Å². The number of likely N-dealkylation sites (tertiary alicyclic amines) is 1. The number of nitrogens with zero attached hydrogens (tertiary/aromatic N) is 3. The molecule has 0 aliphatic carbocycles. The van der Waals surface area contributed by atoms with Crippen LogP contribution in [-0.4, -0.2) is 51.4 Å². The van der Waals surface area contributed by atoms with E-state index in [1.165, 1.54) is 6.07 Å². The maximum absolute atomic E-state index is 13.8. The van der Waals surface area contributed by atoms with Gasteiger partial charge in [0.2, 0.25) is 0 Å². The minimum atomic E-state index is -1.45. The third-order valence-electron chi connectivity index (χ3n) is 2.95. The molecule has 8 nitrogen and oxygen atoms in total. The van der Waals surface area contributed by atoms with E-state index in [1.807, 2.05) is 0 Å². The van der Waals surface area contributed by atoms with Gasteiger partial charge >= 0.3 is 11.9 Å². The van der Waals surface area contributed by atoms with Crippen molar-refractivity contribution in [3.05, 3.63) is 28.4 Å². The summed E-state index contributed by atoms with van der Waals surface area (Å²) < 4.78 is 19.1. The van der Waals surface area contributed by atoms with Crippen LogP contribution in [0.5, 0.6) is 5.75 Å². The average Bonchev–Trinajstić information content (AvgIpc) is 2.41. The zero-order chi connectivity index (χ0) is 14.7. The maximum atomic E-state index is 13.8. The monoisotopic (exact) mass is 285 g/mol. The van der Waals surface area contributed by atoms with Gasteiger partial charge in [0.1, 0.15) is 6.10 Å². The quantitative estimate of drug-likeness (QED) is 0.665. The lowest BCUT2D eigenvalue weighted by molar-refractivity contribution is -0.389. The van der Waals surface area contributed by atoms with Crippen molar-refractivity contribution < 1.29 is 24.0 Å². The van der Waals surface area contributed by atoms with E-state index >= 15 is 0 Å². The number of amides is 1. The van der Waals surface area contributed by atoms with Crippen LogP contribution >= 0.6 is 0 Å². The zero-order valence-electron chi connectivity index (χ0n) is 10.3. The van der Waals surface area contributed by atoms with Gasteiger partial charge in [0.05, 0.1) is 6.54 Å². The molecule has 0 bridgehead atoms. The van der Waals surface area contributed by atoms with E-state index in [9.17, 15) is 19.3 Å². The van der Waals surface area contributed by atoms with Crippen molar-refractivity contribution in [3.63, 3.8) is 0 Å². The van der Waals surface area contributed by atoms with Crippen molar-refractivity contribution in [1.82, 2.24) is 9.88 Å². The summed E-state index contributed by atoms with van der Waals surface area (Å²) >= 11 is 0. The molecule has 1 aliphatic heterocycles. The third kappa shape index (κ3) is 3.11. The molecule has 0 unspecified atom stereocenters. The molecule has 0 spiro atoms. The van der Waals surface area contributed by atoms with Crippen molar-refractivity contribution in [1.29, 1.82) is 0 Å². The number of ether oxygens (including phenoxy) is 1. The molecular weight excluding hydrogens is 273 g/mol. The number of carboxylic acid groups (broad SMARTS) is 1. The Balaban J connectivity index is 1.97. The Morgan fingerprint density at radius 2 is 2.35 bits per heavy atom. The van der Waals surface area contributed by atoms with Crippen LogP contribution in [0.1, 0.15) is 6.42 Å². The number of hydrogen-bond donors (Lipinski definition) is 1. The number of pyridine rings is 1. The highest BCUT2D eigenvalue weighted by Crippen LogP contribution is 2.22. The summed E-state index contributed by atoms with van der Waals surface area (Å²) in [6, 6.07) is 2.50. The zero-order valence-corrected chi connectivity index (χ0v) is 10.3.